The highest BCUT2D eigenvalue weighted by Gasteiger charge is 2.22. The molecule has 8 nitrogen and oxygen atoms in total. The summed E-state index contributed by atoms with van der Waals surface area (Å²) in [5.41, 5.74) is -0.696. The van der Waals surface area contributed by atoms with E-state index in [0.717, 1.165) is 15.3 Å². The molecular weight excluding hydrogens is 577 g/mol. The van der Waals surface area contributed by atoms with Gasteiger partial charge in [-0.3, -0.25) is 14.2 Å². The predicted octanol–water partition coefficient (Wildman–Crippen LogP) is 5.08. The second-order valence-corrected chi connectivity index (χ2v) is 10.2. The summed E-state index contributed by atoms with van der Waals surface area (Å²) in [6.45, 7) is 1.51. The number of carbonyl (C=O) groups is 2. The molecule has 1 amide bonds. The van der Waals surface area contributed by atoms with Gasteiger partial charge in [0.2, 0.25) is 5.91 Å². The van der Waals surface area contributed by atoms with Gasteiger partial charge in [0.05, 0.1) is 23.4 Å². The highest BCUT2D eigenvalue weighted by molar-refractivity contribution is 9.10. The molecule has 11 heteroatoms. The molecule has 0 atom stereocenters. The van der Waals surface area contributed by atoms with Crippen molar-refractivity contribution in [1.82, 2.24) is 9.13 Å². The van der Waals surface area contributed by atoms with Gasteiger partial charge in [0.15, 0.2) is 0 Å². The van der Waals surface area contributed by atoms with E-state index in [4.69, 9.17) is 4.74 Å². The van der Waals surface area contributed by atoms with Crippen molar-refractivity contribution < 1.29 is 18.7 Å². The first kappa shape index (κ1) is 25.6. The van der Waals surface area contributed by atoms with Crippen molar-refractivity contribution in [3.8, 4) is 5.69 Å². The molecule has 0 fully saturated rings. The number of esters is 1. The molecule has 2 heterocycles. The Morgan fingerprint density at radius 1 is 1.05 bits per heavy atom. The van der Waals surface area contributed by atoms with E-state index in [2.05, 4.69) is 21.2 Å². The molecule has 0 saturated heterocycles. The monoisotopic (exact) mass is 595 g/mol. The van der Waals surface area contributed by atoms with Gasteiger partial charge in [-0.2, -0.15) is 0 Å². The van der Waals surface area contributed by atoms with Crippen molar-refractivity contribution in [3.05, 3.63) is 103 Å². The number of hydrogen-bond donors (Lipinski definition) is 1. The summed E-state index contributed by atoms with van der Waals surface area (Å²) in [6.07, 6.45) is 0. The van der Waals surface area contributed by atoms with Gasteiger partial charge in [-0.25, -0.2) is 18.5 Å². The van der Waals surface area contributed by atoms with Crippen LogP contribution in [0.4, 0.5) is 10.1 Å². The molecule has 5 aromatic rings. The standard InChI is InChI=1S/C27H19BrFN3O5S/c1-2-37-26(35)15-7-10-17(11-8-15)30-22(33)14-31-23-18-5-3-4-6-21(18)38-24(23)25(34)32(27(31)36)20-12-9-16(28)13-19(20)29/h3-13H,2,14H2,1H3,(H,30,33). The number of amides is 1. The molecule has 3 aromatic carbocycles. The number of anilines is 1. The fourth-order valence-electron chi connectivity index (χ4n) is 4.12. The summed E-state index contributed by atoms with van der Waals surface area (Å²) in [4.78, 5) is 52.1. The van der Waals surface area contributed by atoms with E-state index >= 15 is 0 Å². The van der Waals surface area contributed by atoms with E-state index in [-0.39, 0.29) is 17.0 Å². The number of nitrogens with zero attached hydrogens (tertiary/aromatic N) is 2. The van der Waals surface area contributed by atoms with Crippen LogP contribution in [0.25, 0.3) is 26.0 Å². The van der Waals surface area contributed by atoms with Gasteiger partial charge < -0.3 is 10.1 Å². The van der Waals surface area contributed by atoms with Crippen molar-refractivity contribution in [2.24, 2.45) is 0 Å². The molecule has 0 saturated carbocycles. The summed E-state index contributed by atoms with van der Waals surface area (Å²) in [5.74, 6) is -1.79. The minimum absolute atomic E-state index is 0.216. The fraction of sp³-hybridized carbons (Fsp3) is 0.111. The minimum atomic E-state index is -0.847. The Labute approximate surface area is 227 Å². The maximum absolute atomic E-state index is 14.9. The predicted molar refractivity (Wildman–Crippen MR) is 148 cm³/mol. The van der Waals surface area contributed by atoms with Gasteiger partial charge in [-0.15, -0.1) is 11.3 Å². The van der Waals surface area contributed by atoms with Crippen molar-refractivity contribution in [2.75, 3.05) is 11.9 Å². The maximum atomic E-state index is 14.9. The molecule has 192 valence electrons. The van der Waals surface area contributed by atoms with Gasteiger partial charge in [0, 0.05) is 20.2 Å². The van der Waals surface area contributed by atoms with Crippen molar-refractivity contribution in [3.63, 3.8) is 0 Å². The average Bonchev–Trinajstić information content (AvgIpc) is 3.28. The summed E-state index contributed by atoms with van der Waals surface area (Å²) in [5, 5.41) is 3.33. The van der Waals surface area contributed by atoms with Crippen LogP contribution in [0.3, 0.4) is 0 Å². The van der Waals surface area contributed by atoms with E-state index in [1.807, 2.05) is 6.07 Å². The van der Waals surface area contributed by atoms with Crippen LogP contribution in [-0.4, -0.2) is 27.6 Å². The van der Waals surface area contributed by atoms with E-state index in [0.29, 0.717) is 26.6 Å². The van der Waals surface area contributed by atoms with Gasteiger partial charge in [-0.05, 0) is 55.5 Å². The largest absolute Gasteiger partial charge is 0.462 e. The minimum Gasteiger partial charge on any atom is -0.462 e. The molecule has 0 aliphatic heterocycles. The zero-order valence-electron chi connectivity index (χ0n) is 19.9. The van der Waals surface area contributed by atoms with E-state index in [9.17, 15) is 23.6 Å². The normalized spacial score (nSPS) is 11.1. The number of hydrogen-bond acceptors (Lipinski definition) is 6. The zero-order valence-corrected chi connectivity index (χ0v) is 22.3. The number of aromatic nitrogens is 2. The van der Waals surface area contributed by atoms with E-state index in [1.165, 1.54) is 40.2 Å². The lowest BCUT2D eigenvalue weighted by Crippen LogP contribution is -2.40. The second kappa shape index (κ2) is 10.3. The molecule has 0 aliphatic rings. The van der Waals surface area contributed by atoms with Gasteiger partial charge >= 0.3 is 11.7 Å². The van der Waals surface area contributed by atoms with Crippen LogP contribution in [-0.2, 0) is 16.1 Å². The number of thiophene rings is 1. The first-order chi connectivity index (χ1) is 18.3. The molecule has 38 heavy (non-hydrogen) atoms. The Morgan fingerprint density at radius 3 is 2.50 bits per heavy atom. The number of carbonyl (C=O) groups excluding carboxylic acids is 2. The van der Waals surface area contributed by atoms with Gasteiger partial charge in [0.25, 0.3) is 5.56 Å². The Kier molecular flexibility index (Phi) is 6.96. The Bertz CT molecular complexity index is 1840. The summed E-state index contributed by atoms with van der Waals surface area (Å²) >= 11 is 4.35. The Hall–Kier alpha value is -4.09. The molecule has 0 bridgehead atoms. The number of fused-ring (bicyclic) bond motifs is 3. The SMILES string of the molecule is CCOC(=O)c1ccc(NC(=O)Cn2c(=O)n(-c3ccc(Br)cc3F)c(=O)c3sc4ccccc4c32)cc1. The molecule has 0 radical (unpaired) electrons. The van der Waals surface area contributed by atoms with Crippen LogP contribution < -0.4 is 16.6 Å². The Morgan fingerprint density at radius 2 is 1.79 bits per heavy atom. The third kappa shape index (κ3) is 4.66. The van der Waals surface area contributed by atoms with Crippen LogP contribution in [0.2, 0.25) is 0 Å². The highest BCUT2D eigenvalue weighted by atomic mass is 79.9. The lowest BCUT2D eigenvalue weighted by Gasteiger charge is -2.14. The Balaban J connectivity index is 1.60. The summed E-state index contributed by atoms with van der Waals surface area (Å²) in [6, 6.07) is 17.3. The molecule has 1 N–H and O–H groups in total. The smallest absolute Gasteiger partial charge is 0.338 e. The number of rotatable bonds is 6. The number of benzene rings is 3. The van der Waals surface area contributed by atoms with E-state index in [1.54, 1.807) is 37.3 Å². The first-order valence-electron chi connectivity index (χ1n) is 11.5. The van der Waals surface area contributed by atoms with Crippen LogP contribution >= 0.6 is 27.3 Å². The zero-order chi connectivity index (χ0) is 27.0. The third-order valence-corrected chi connectivity index (χ3v) is 7.43. The number of ether oxygens (including phenoxy) is 1. The fourth-order valence-corrected chi connectivity index (χ4v) is 5.59. The molecule has 2 aromatic heterocycles. The van der Waals surface area contributed by atoms with E-state index < -0.39 is 35.5 Å². The topological polar surface area (TPSA) is 99.4 Å². The quantitative estimate of drug-likeness (QED) is 0.276. The third-order valence-electron chi connectivity index (χ3n) is 5.79. The molecule has 0 unspecified atom stereocenters. The van der Waals surface area contributed by atoms with Crippen LogP contribution in [0.15, 0.2) is 80.8 Å². The summed E-state index contributed by atoms with van der Waals surface area (Å²) < 4.78 is 23.2. The molecule has 0 spiro atoms. The van der Waals surface area contributed by atoms with Crippen molar-refractivity contribution >= 4 is 65.1 Å². The highest BCUT2D eigenvalue weighted by Crippen LogP contribution is 2.31. The number of nitrogens with one attached hydrogen (secondary N) is 1. The average molecular weight is 596 g/mol. The van der Waals surface area contributed by atoms with Crippen LogP contribution in [0.5, 0.6) is 0 Å². The molecule has 5 rings (SSSR count). The number of halogens is 2. The van der Waals surface area contributed by atoms with Crippen LogP contribution in [0.1, 0.15) is 17.3 Å². The van der Waals surface area contributed by atoms with Crippen LogP contribution in [0, 0.1) is 5.82 Å². The van der Waals surface area contributed by atoms with Crippen molar-refractivity contribution in [2.45, 2.75) is 13.5 Å². The first-order valence-corrected chi connectivity index (χ1v) is 13.1. The molecule has 0 aliphatic carbocycles. The lowest BCUT2D eigenvalue weighted by atomic mass is 10.2. The lowest BCUT2D eigenvalue weighted by molar-refractivity contribution is -0.116. The molecular formula is C27H19BrFN3O5S. The van der Waals surface area contributed by atoms with Gasteiger partial charge in [0.1, 0.15) is 17.1 Å². The maximum Gasteiger partial charge on any atom is 0.338 e. The van der Waals surface area contributed by atoms with Gasteiger partial charge in [-0.1, -0.05) is 34.1 Å². The summed E-state index contributed by atoms with van der Waals surface area (Å²) in [7, 11) is 0. The van der Waals surface area contributed by atoms with Crippen molar-refractivity contribution in [1.29, 1.82) is 0 Å². The second-order valence-electron chi connectivity index (χ2n) is 8.23.